The van der Waals surface area contributed by atoms with Crippen molar-refractivity contribution >= 4 is 44.6 Å². The van der Waals surface area contributed by atoms with Gasteiger partial charge in [-0.05, 0) is 49.1 Å². The van der Waals surface area contributed by atoms with Crippen LogP contribution >= 0.6 is 11.6 Å². The van der Waals surface area contributed by atoms with E-state index in [0.717, 1.165) is 30.5 Å². The van der Waals surface area contributed by atoms with Gasteiger partial charge in [0.1, 0.15) is 5.52 Å². The molecule has 2 heterocycles. The molecule has 2 aromatic carbocycles. The van der Waals surface area contributed by atoms with Crippen molar-refractivity contribution in [1.82, 2.24) is 10.3 Å². The number of carbonyl (C=O) groups is 1. The molecule has 1 aliphatic rings. The summed E-state index contributed by atoms with van der Waals surface area (Å²) >= 11 is 6.01. The fourth-order valence-electron chi connectivity index (χ4n) is 3.71. The Bertz CT molecular complexity index is 1190. The summed E-state index contributed by atoms with van der Waals surface area (Å²) in [5.74, 6) is -0.165. The Hall–Kier alpha value is -2.62. The summed E-state index contributed by atoms with van der Waals surface area (Å²) in [5, 5.41) is 8.67. The lowest BCUT2D eigenvalue weighted by Crippen LogP contribution is -2.43. The van der Waals surface area contributed by atoms with Gasteiger partial charge in [-0.25, -0.2) is 13.6 Å². The zero-order valence-electron chi connectivity index (χ0n) is 16.8. The van der Waals surface area contributed by atoms with Crippen molar-refractivity contribution < 1.29 is 17.6 Å². The van der Waals surface area contributed by atoms with Crippen molar-refractivity contribution in [2.24, 2.45) is 11.1 Å². The van der Waals surface area contributed by atoms with E-state index in [1.165, 1.54) is 12.1 Å². The van der Waals surface area contributed by atoms with Gasteiger partial charge in [-0.1, -0.05) is 23.7 Å². The van der Waals surface area contributed by atoms with E-state index in [-0.39, 0.29) is 16.7 Å². The van der Waals surface area contributed by atoms with Crippen LogP contribution in [0.15, 0.2) is 51.8 Å². The molecule has 0 aliphatic carbocycles. The van der Waals surface area contributed by atoms with Gasteiger partial charge in [0, 0.05) is 30.7 Å². The second-order valence-electron chi connectivity index (χ2n) is 7.62. The minimum absolute atomic E-state index is 0.00925. The number of nitrogens with one attached hydrogen (secondary N) is 1. The number of nitrogens with zero attached hydrogens (tertiary/aromatic N) is 2. The van der Waals surface area contributed by atoms with Crippen LogP contribution in [-0.2, 0) is 21.2 Å². The highest BCUT2D eigenvalue weighted by molar-refractivity contribution is 7.89. The number of hydrogen-bond acceptors (Lipinski definition) is 6. The van der Waals surface area contributed by atoms with Crippen LogP contribution < -0.4 is 15.4 Å². The quantitative estimate of drug-likeness (QED) is 0.581. The SMILES string of the molecule is NS(=O)(=O)c1ccc(CCNC(=O)C2CCCN(c3nc4ccc(Cl)cc4o3)C2)cc1. The lowest BCUT2D eigenvalue weighted by molar-refractivity contribution is -0.125. The number of rotatable bonds is 6. The average Bonchev–Trinajstić information content (AvgIpc) is 3.17. The molecular formula is C21H23ClN4O4S. The van der Waals surface area contributed by atoms with Gasteiger partial charge in [0.15, 0.2) is 5.58 Å². The highest BCUT2D eigenvalue weighted by atomic mass is 35.5. The van der Waals surface area contributed by atoms with E-state index in [1.807, 2.05) is 11.0 Å². The molecular weight excluding hydrogens is 440 g/mol. The van der Waals surface area contributed by atoms with E-state index in [4.69, 9.17) is 21.2 Å². The predicted octanol–water partition coefficient (Wildman–Crippen LogP) is 2.70. The molecule has 0 bridgehead atoms. The molecule has 1 amide bonds. The summed E-state index contributed by atoms with van der Waals surface area (Å²) in [6, 6.07) is 12.2. The number of fused-ring (bicyclic) bond motifs is 1. The number of primary sulfonamides is 1. The molecule has 0 radical (unpaired) electrons. The smallest absolute Gasteiger partial charge is 0.298 e. The number of oxazole rings is 1. The lowest BCUT2D eigenvalue weighted by Gasteiger charge is -2.30. The molecule has 0 saturated carbocycles. The van der Waals surface area contributed by atoms with Gasteiger partial charge in [-0.3, -0.25) is 4.79 Å². The lowest BCUT2D eigenvalue weighted by atomic mass is 9.97. The molecule has 31 heavy (non-hydrogen) atoms. The number of aromatic nitrogens is 1. The van der Waals surface area contributed by atoms with Gasteiger partial charge in [-0.2, -0.15) is 4.98 Å². The Balaban J connectivity index is 1.32. The fourth-order valence-corrected chi connectivity index (χ4v) is 4.38. The minimum atomic E-state index is -3.70. The van der Waals surface area contributed by atoms with Gasteiger partial charge >= 0.3 is 0 Å². The van der Waals surface area contributed by atoms with Crippen LogP contribution in [0.2, 0.25) is 5.02 Å². The Morgan fingerprint density at radius 3 is 2.77 bits per heavy atom. The molecule has 1 atom stereocenters. The standard InChI is InChI=1S/C21H23ClN4O4S/c22-16-5-8-18-19(12-16)30-21(25-18)26-11-1-2-15(13-26)20(27)24-10-9-14-3-6-17(7-4-14)31(23,28)29/h3-8,12,15H,1-2,9-11,13H2,(H,24,27)(H2,23,28,29). The Morgan fingerprint density at radius 2 is 2.03 bits per heavy atom. The molecule has 10 heteroatoms. The van der Waals surface area contributed by atoms with Crippen LogP contribution in [0.1, 0.15) is 18.4 Å². The maximum Gasteiger partial charge on any atom is 0.298 e. The largest absolute Gasteiger partial charge is 0.423 e. The van der Waals surface area contributed by atoms with Crippen molar-refractivity contribution in [1.29, 1.82) is 0 Å². The molecule has 1 fully saturated rings. The van der Waals surface area contributed by atoms with E-state index in [1.54, 1.807) is 24.3 Å². The summed E-state index contributed by atoms with van der Waals surface area (Å²) in [4.78, 5) is 19.2. The monoisotopic (exact) mass is 462 g/mol. The normalized spacial score (nSPS) is 17.1. The van der Waals surface area contributed by atoms with Gasteiger partial charge in [0.25, 0.3) is 6.01 Å². The Kier molecular flexibility index (Phi) is 6.17. The van der Waals surface area contributed by atoms with Crippen LogP contribution in [0.4, 0.5) is 6.01 Å². The number of sulfonamides is 1. The van der Waals surface area contributed by atoms with Crippen molar-refractivity contribution in [3.05, 3.63) is 53.1 Å². The number of hydrogen-bond donors (Lipinski definition) is 2. The number of benzene rings is 2. The highest BCUT2D eigenvalue weighted by Crippen LogP contribution is 2.28. The molecule has 8 nitrogen and oxygen atoms in total. The molecule has 4 rings (SSSR count). The number of carbonyl (C=O) groups excluding carboxylic acids is 1. The van der Waals surface area contributed by atoms with Gasteiger partial charge < -0.3 is 14.6 Å². The Labute approximate surface area is 185 Å². The first-order valence-electron chi connectivity index (χ1n) is 10.00. The van der Waals surface area contributed by atoms with E-state index >= 15 is 0 Å². The fraction of sp³-hybridized carbons (Fsp3) is 0.333. The van der Waals surface area contributed by atoms with Crippen LogP contribution in [0.25, 0.3) is 11.1 Å². The molecule has 3 aromatic rings. The van der Waals surface area contributed by atoms with Crippen LogP contribution in [0.3, 0.4) is 0 Å². The van der Waals surface area contributed by atoms with E-state index in [9.17, 15) is 13.2 Å². The zero-order chi connectivity index (χ0) is 22.0. The number of nitrogens with two attached hydrogens (primary N) is 1. The number of amides is 1. The summed E-state index contributed by atoms with van der Waals surface area (Å²) in [5.41, 5.74) is 2.28. The highest BCUT2D eigenvalue weighted by Gasteiger charge is 2.28. The summed E-state index contributed by atoms with van der Waals surface area (Å²) < 4.78 is 28.5. The number of anilines is 1. The predicted molar refractivity (Wildman–Crippen MR) is 118 cm³/mol. The van der Waals surface area contributed by atoms with Crippen LogP contribution in [-0.4, -0.2) is 38.9 Å². The van der Waals surface area contributed by atoms with Crippen LogP contribution in [0.5, 0.6) is 0 Å². The topological polar surface area (TPSA) is 119 Å². The molecule has 0 spiro atoms. The third-order valence-electron chi connectivity index (χ3n) is 5.37. The van der Waals surface area contributed by atoms with Crippen molar-refractivity contribution in [2.45, 2.75) is 24.2 Å². The van der Waals surface area contributed by atoms with Crippen molar-refractivity contribution in [3.8, 4) is 0 Å². The number of halogens is 1. The van der Waals surface area contributed by atoms with Gasteiger partial charge in [0.2, 0.25) is 15.9 Å². The molecule has 3 N–H and O–H groups in total. The minimum Gasteiger partial charge on any atom is -0.423 e. The second-order valence-corrected chi connectivity index (χ2v) is 9.62. The third kappa shape index (κ3) is 5.17. The zero-order valence-corrected chi connectivity index (χ0v) is 18.3. The first kappa shape index (κ1) is 21.6. The van der Waals surface area contributed by atoms with E-state index < -0.39 is 10.0 Å². The van der Waals surface area contributed by atoms with Gasteiger partial charge in [0.05, 0.1) is 10.8 Å². The molecule has 1 unspecified atom stereocenters. The van der Waals surface area contributed by atoms with Crippen molar-refractivity contribution in [3.63, 3.8) is 0 Å². The average molecular weight is 463 g/mol. The summed E-state index contributed by atoms with van der Waals surface area (Å²) in [7, 11) is -3.70. The summed E-state index contributed by atoms with van der Waals surface area (Å²) in [6.07, 6.45) is 2.27. The third-order valence-corrected chi connectivity index (χ3v) is 6.53. The first-order valence-corrected chi connectivity index (χ1v) is 11.9. The first-order chi connectivity index (χ1) is 14.8. The maximum absolute atomic E-state index is 12.7. The molecule has 164 valence electrons. The van der Waals surface area contributed by atoms with E-state index in [0.29, 0.717) is 36.1 Å². The maximum atomic E-state index is 12.7. The summed E-state index contributed by atoms with van der Waals surface area (Å²) in [6.45, 7) is 1.78. The van der Waals surface area contributed by atoms with E-state index in [2.05, 4.69) is 10.3 Å². The van der Waals surface area contributed by atoms with Crippen molar-refractivity contribution in [2.75, 3.05) is 24.5 Å². The molecule has 1 aliphatic heterocycles. The van der Waals surface area contributed by atoms with Gasteiger partial charge in [-0.15, -0.1) is 0 Å². The Morgan fingerprint density at radius 1 is 1.26 bits per heavy atom. The van der Waals surface area contributed by atoms with Crippen LogP contribution in [0, 0.1) is 5.92 Å². The number of piperidine rings is 1. The molecule has 1 saturated heterocycles. The second kappa shape index (κ2) is 8.86. The molecule has 1 aromatic heterocycles.